The molecule has 9 heteroatoms. The molecule has 37 heavy (non-hydrogen) atoms. The monoisotopic (exact) mass is 554 g/mol. The van der Waals surface area contributed by atoms with Crippen LogP contribution in [0.3, 0.4) is 0 Å². The van der Waals surface area contributed by atoms with Crippen molar-refractivity contribution < 1.29 is 32.4 Å². The van der Waals surface area contributed by atoms with Gasteiger partial charge in [0.1, 0.15) is 10.5 Å². The van der Waals surface area contributed by atoms with E-state index in [4.69, 9.17) is 9.59 Å². The molecule has 0 saturated carbocycles. The van der Waals surface area contributed by atoms with E-state index in [-0.39, 0.29) is 18.0 Å². The summed E-state index contributed by atoms with van der Waals surface area (Å²) < 4.78 is 37.0. The molecular weight excluding hydrogens is 512 g/mol. The third-order valence-corrected chi connectivity index (χ3v) is 9.32. The number of hydrogen-bond donors (Lipinski definition) is 2. The van der Waals surface area contributed by atoms with Gasteiger partial charge in [0, 0.05) is 24.9 Å². The first-order valence-electron chi connectivity index (χ1n) is 12.4. The van der Waals surface area contributed by atoms with Gasteiger partial charge in [-0.05, 0) is 50.7 Å². The highest BCUT2D eigenvalue weighted by Crippen LogP contribution is 2.41. The second-order valence-corrected chi connectivity index (χ2v) is 12.6. The Labute approximate surface area is 226 Å². The van der Waals surface area contributed by atoms with Crippen LogP contribution >= 0.6 is 12.0 Å². The molecule has 0 fully saturated rings. The highest BCUT2D eigenvalue weighted by molar-refractivity contribution is 7.95. The number of benzene rings is 2. The van der Waals surface area contributed by atoms with Crippen molar-refractivity contribution in [2.75, 3.05) is 0 Å². The molecule has 2 rings (SSSR count). The summed E-state index contributed by atoms with van der Waals surface area (Å²) in [7, 11) is -4.27. The van der Waals surface area contributed by atoms with E-state index in [2.05, 4.69) is 5.04 Å². The number of rotatable bonds is 18. The highest BCUT2D eigenvalue weighted by atomic mass is 32.2. The number of unbranched alkanes of at least 4 members (excludes halogenated alkanes) is 4. The quantitative estimate of drug-likeness (QED) is 0.0629. The zero-order chi connectivity index (χ0) is 26.5. The van der Waals surface area contributed by atoms with Gasteiger partial charge in [0.15, 0.2) is 0 Å². The first-order chi connectivity index (χ1) is 17.1. The maximum atomic E-state index is 12.3. The van der Waals surface area contributed by atoms with Gasteiger partial charge in [-0.1, -0.05) is 98.8 Å². The van der Waals surface area contributed by atoms with E-state index in [1.807, 2.05) is 37.3 Å². The van der Waals surface area contributed by atoms with Crippen LogP contribution in [0.25, 0.3) is 0 Å². The Morgan fingerprint density at radius 3 is 1.78 bits per heavy atom. The van der Waals surface area contributed by atoms with Crippen LogP contribution in [-0.2, 0) is 33.8 Å². The zero-order valence-electron chi connectivity index (χ0n) is 21.1. The van der Waals surface area contributed by atoms with Crippen LogP contribution in [0.5, 0.6) is 0 Å². The van der Waals surface area contributed by atoms with Crippen LogP contribution in [0, 0.1) is 0 Å². The highest BCUT2D eigenvalue weighted by Gasteiger charge is 2.39. The Morgan fingerprint density at radius 2 is 1.30 bits per heavy atom. The summed E-state index contributed by atoms with van der Waals surface area (Å²) in [6.07, 6.45) is 6.74. The predicted molar refractivity (Wildman–Crippen MR) is 149 cm³/mol. The van der Waals surface area contributed by atoms with Gasteiger partial charge in [0.25, 0.3) is 10.1 Å². The predicted octanol–water partition coefficient (Wildman–Crippen LogP) is 7.88. The van der Waals surface area contributed by atoms with Gasteiger partial charge in [-0.3, -0.25) is 9.35 Å². The fourth-order valence-corrected chi connectivity index (χ4v) is 5.85. The van der Waals surface area contributed by atoms with Crippen LogP contribution in [0.2, 0.25) is 0 Å². The first-order valence-corrected chi connectivity index (χ1v) is 14.6. The molecule has 2 atom stereocenters. The van der Waals surface area contributed by atoms with Crippen molar-refractivity contribution in [2.24, 2.45) is 0 Å². The molecule has 0 aromatic heterocycles. The Bertz CT molecular complexity index is 1020. The molecule has 208 valence electrons. The number of ketones is 1. The van der Waals surface area contributed by atoms with Crippen LogP contribution in [0.15, 0.2) is 60.7 Å². The largest absolute Gasteiger partial charge is 0.300 e. The number of hydrogen-bond acceptors (Lipinski definition) is 7. The van der Waals surface area contributed by atoms with Gasteiger partial charge < -0.3 is 0 Å². The second-order valence-electron chi connectivity index (χ2n) is 9.55. The third-order valence-electron chi connectivity index (χ3n) is 6.81. The van der Waals surface area contributed by atoms with Crippen molar-refractivity contribution in [3.8, 4) is 0 Å². The van der Waals surface area contributed by atoms with Gasteiger partial charge >= 0.3 is 0 Å². The number of carbonyl (C=O) groups is 1. The van der Waals surface area contributed by atoms with Crippen molar-refractivity contribution in [2.45, 2.75) is 95.0 Å². The Kier molecular flexibility index (Phi) is 14.6. The Hall–Kier alpha value is -1.75. The molecule has 7 nitrogen and oxygen atoms in total. The van der Waals surface area contributed by atoms with E-state index >= 15 is 0 Å². The van der Waals surface area contributed by atoms with E-state index in [1.165, 1.54) is 0 Å². The molecule has 0 radical (unpaired) electrons. The molecule has 2 aromatic carbocycles. The van der Waals surface area contributed by atoms with Gasteiger partial charge in [0.2, 0.25) is 0 Å². The molecule has 2 unspecified atom stereocenters. The van der Waals surface area contributed by atoms with Crippen molar-refractivity contribution in [3.63, 3.8) is 0 Å². The van der Waals surface area contributed by atoms with Crippen molar-refractivity contribution in [3.05, 3.63) is 71.8 Å². The fraction of sp³-hybridized carbons (Fsp3) is 0.536. The maximum absolute atomic E-state index is 12.3. The molecule has 0 amide bonds. The molecule has 0 aliphatic heterocycles. The van der Waals surface area contributed by atoms with Crippen LogP contribution in [0.1, 0.15) is 96.6 Å². The lowest BCUT2D eigenvalue weighted by molar-refractivity contribution is -0.432. The summed E-state index contributed by atoms with van der Waals surface area (Å²) in [6.45, 7) is 3.58. The lowest BCUT2D eigenvalue weighted by Crippen LogP contribution is -2.32. The molecule has 2 N–H and O–H groups in total. The minimum absolute atomic E-state index is 0. The lowest BCUT2D eigenvalue weighted by Gasteiger charge is -2.27. The summed E-state index contributed by atoms with van der Waals surface area (Å²) in [5.74, 6) is 0.216. The summed E-state index contributed by atoms with van der Waals surface area (Å²) in [6, 6.07) is 18.6. The van der Waals surface area contributed by atoms with Gasteiger partial charge in [-0.2, -0.15) is 8.42 Å². The van der Waals surface area contributed by atoms with E-state index in [0.717, 1.165) is 49.7 Å². The van der Waals surface area contributed by atoms with E-state index in [1.54, 1.807) is 37.3 Å². The number of Topliss-reactive ketones (excluding diaryl/α,β-unsaturated/α-hetero) is 1. The molecule has 0 aliphatic rings. The Balaban J connectivity index is 0.00000684. The molecule has 0 saturated heterocycles. The van der Waals surface area contributed by atoms with Gasteiger partial charge in [0.05, 0.1) is 4.75 Å². The third kappa shape index (κ3) is 10.5. The average molecular weight is 555 g/mol. The molecular formula is C28H42O7S2. The molecule has 2 aromatic rings. The summed E-state index contributed by atoms with van der Waals surface area (Å²) in [5.41, 5.74) is 1.64. The average Bonchev–Trinajstić information content (AvgIpc) is 2.87. The minimum atomic E-state index is -4.27. The van der Waals surface area contributed by atoms with Crippen LogP contribution in [0.4, 0.5) is 0 Å². The van der Waals surface area contributed by atoms with Crippen molar-refractivity contribution in [1.29, 1.82) is 0 Å². The lowest BCUT2D eigenvalue weighted by atomic mass is 9.93. The van der Waals surface area contributed by atoms with E-state index in [0.29, 0.717) is 37.7 Å². The normalized spacial score (nSPS) is 14.8. The van der Waals surface area contributed by atoms with Gasteiger partial charge in [-0.25, -0.2) is 5.26 Å². The standard InChI is InChI=1S/C27H38O7S2.CH4/c1-26(35-34-33-29,23-15-7-3-8-16-23)21-13-5-11-19-25(28)20-12-6-14-22-27(2,36(30,31)32)24-17-9-4-10-18-24;/h3-4,7-10,15-18,29H,5-6,11-14,19-22H2,1-2H3,(H,30,31,32);1H4. The molecule has 0 bridgehead atoms. The molecule has 0 aliphatic carbocycles. The zero-order valence-corrected chi connectivity index (χ0v) is 22.7. The fourth-order valence-electron chi connectivity index (χ4n) is 4.38. The summed E-state index contributed by atoms with van der Waals surface area (Å²) >= 11 is 1.07. The maximum Gasteiger partial charge on any atom is 0.274 e. The van der Waals surface area contributed by atoms with Crippen LogP contribution < -0.4 is 0 Å². The minimum Gasteiger partial charge on any atom is -0.300 e. The molecule has 0 spiro atoms. The Morgan fingerprint density at radius 1 is 0.811 bits per heavy atom. The van der Waals surface area contributed by atoms with Crippen molar-refractivity contribution in [1.82, 2.24) is 0 Å². The topological polar surface area (TPSA) is 110 Å². The number of carbonyl (C=O) groups excluding carboxylic acids is 1. The van der Waals surface area contributed by atoms with E-state index < -0.39 is 14.9 Å². The second kappa shape index (κ2) is 16.3. The van der Waals surface area contributed by atoms with E-state index in [9.17, 15) is 17.8 Å². The van der Waals surface area contributed by atoms with Crippen molar-refractivity contribution >= 4 is 27.9 Å². The first kappa shape index (κ1) is 33.3. The summed E-state index contributed by atoms with van der Waals surface area (Å²) in [4.78, 5) is 12.3. The SMILES string of the molecule is C.CC(CCCCCC(=O)CCCCCC(C)(c1ccccc1)S(=O)(=O)O)(SOOO)c1ccccc1. The van der Waals surface area contributed by atoms with Crippen LogP contribution in [-0.4, -0.2) is 24.0 Å². The smallest absolute Gasteiger partial charge is 0.274 e. The molecule has 0 heterocycles. The summed E-state index contributed by atoms with van der Waals surface area (Å²) in [5, 5.41) is 12.4. The van der Waals surface area contributed by atoms with Gasteiger partial charge in [-0.15, -0.1) is 4.33 Å².